The molecule has 0 unspecified atom stereocenters. The zero-order valence-electron chi connectivity index (χ0n) is 7.90. The van der Waals surface area contributed by atoms with Gasteiger partial charge in [-0.2, -0.15) is 0 Å². The zero-order valence-corrected chi connectivity index (χ0v) is 9.90. The van der Waals surface area contributed by atoms with Crippen molar-refractivity contribution in [2.24, 2.45) is 0 Å². The van der Waals surface area contributed by atoms with Gasteiger partial charge < -0.3 is 12.5 Å². The van der Waals surface area contributed by atoms with E-state index < -0.39 is 5.97 Å². The molecule has 0 aromatic heterocycles. The molecule has 2 nitrogen and oxygen atoms in total. The molecule has 0 spiro atoms. The number of carboxylic acid groups (broad SMARTS) is 1. The summed E-state index contributed by atoms with van der Waals surface area (Å²) in [5.41, 5.74) is 0.898. The maximum absolute atomic E-state index is 10.1. The summed E-state index contributed by atoms with van der Waals surface area (Å²) in [6.07, 6.45) is 2.68. The summed E-state index contributed by atoms with van der Waals surface area (Å²) < 4.78 is 0. The summed E-state index contributed by atoms with van der Waals surface area (Å²) in [5.74, 6) is -0.922. The molecule has 0 saturated carbocycles. The Bertz CT molecular complexity index is 268. The molecule has 0 saturated heterocycles. The second-order valence-corrected chi connectivity index (χ2v) is 2.08. The number of benzene rings is 1. The number of hydrogen-bond acceptors (Lipinski definition) is 1. The minimum atomic E-state index is -0.922. The van der Waals surface area contributed by atoms with Crippen LogP contribution in [-0.2, 0) is 4.79 Å². The standard InChI is InChI=1S/C9H8O2.CH3.Na/c10-9(11)7-6-8-4-2-1-3-5-8;;/h1-7H,(H,10,11);1H3;/q;-1;+1. The van der Waals surface area contributed by atoms with Gasteiger partial charge in [-0.3, -0.25) is 0 Å². The molecule has 0 fully saturated rings. The van der Waals surface area contributed by atoms with Crippen LogP contribution in [0.25, 0.3) is 6.08 Å². The van der Waals surface area contributed by atoms with Gasteiger partial charge in [-0.1, -0.05) is 30.3 Å². The normalized spacial score (nSPS) is 8.62. The van der Waals surface area contributed by atoms with Gasteiger partial charge in [-0.05, 0) is 11.6 Å². The molecule has 0 heterocycles. The summed E-state index contributed by atoms with van der Waals surface area (Å²) in [6, 6.07) is 9.31. The Hall–Kier alpha value is -0.570. The summed E-state index contributed by atoms with van der Waals surface area (Å²) in [7, 11) is 0. The Labute approximate surface area is 101 Å². The van der Waals surface area contributed by atoms with Crippen molar-refractivity contribution in [3.63, 3.8) is 0 Å². The average molecular weight is 186 g/mol. The fourth-order valence-electron chi connectivity index (χ4n) is 0.732. The molecule has 0 aliphatic carbocycles. The molecular weight excluding hydrogens is 175 g/mol. The van der Waals surface area contributed by atoms with Crippen LogP contribution in [0.4, 0.5) is 0 Å². The van der Waals surface area contributed by atoms with Crippen molar-refractivity contribution in [3.8, 4) is 0 Å². The van der Waals surface area contributed by atoms with E-state index in [0.717, 1.165) is 11.6 Å². The maximum atomic E-state index is 10.1. The van der Waals surface area contributed by atoms with Crippen LogP contribution in [0.3, 0.4) is 0 Å². The van der Waals surface area contributed by atoms with Crippen molar-refractivity contribution in [2.75, 3.05) is 0 Å². The van der Waals surface area contributed by atoms with E-state index in [1.165, 1.54) is 0 Å². The van der Waals surface area contributed by atoms with Crippen molar-refractivity contribution < 1.29 is 39.5 Å². The predicted molar refractivity (Wildman–Crippen MR) is 49.5 cm³/mol. The Kier molecular flexibility index (Phi) is 9.24. The Morgan fingerprint density at radius 3 is 2.23 bits per heavy atom. The average Bonchev–Trinajstić information content (AvgIpc) is 2.03. The van der Waals surface area contributed by atoms with Gasteiger partial charge in [0.1, 0.15) is 0 Å². The van der Waals surface area contributed by atoms with Crippen LogP contribution in [-0.4, -0.2) is 11.1 Å². The molecule has 1 aromatic rings. The first-order valence-corrected chi connectivity index (χ1v) is 3.25. The number of carboxylic acids is 1. The molecule has 13 heavy (non-hydrogen) atoms. The first-order chi connectivity index (χ1) is 5.29. The van der Waals surface area contributed by atoms with Crippen molar-refractivity contribution in [3.05, 3.63) is 49.4 Å². The molecule has 0 amide bonds. The minimum Gasteiger partial charge on any atom is -0.478 e. The van der Waals surface area contributed by atoms with Crippen LogP contribution >= 0.6 is 0 Å². The second kappa shape index (κ2) is 8.05. The van der Waals surface area contributed by atoms with E-state index in [1.807, 2.05) is 30.3 Å². The third kappa shape index (κ3) is 6.58. The minimum absolute atomic E-state index is 0. The van der Waals surface area contributed by atoms with Crippen LogP contribution in [0, 0.1) is 7.43 Å². The summed E-state index contributed by atoms with van der Waals surface area (Å²) in [6.45, 7) is 0. The van der Waals surface area contributed by atoms with Crippen LogP contribution in [0.5, 0.6) is 0 Å². The van der Waals surface area contributed by atoms with Crippen molar-refractivity contribution in [1.82, 2.24) is 0 Å². The van der Waals surface area contributed by atoms with E-state index in [2.05, 4.69) is 0 Å². The van der Waals surface area contributed by atoms with Gasteiger partial charge in [-0.25, -0.2) is 4.79 Å². The van der Waals surface area contributed by atoms with Crippen LogP contribution in [0.2, 0.25) is 0 Å². The molecule has 0 aliphatic heterocycles. The monoisotopic (exact) mass is 186 g/mol. The third-order valence-corrected chi connectivity index (χ3v) is 1.22. The van der Waals surface area contributed by atoms with Gasteiger partial charge in [0.2, 0.25) is 0 Å². The van der Waals surface area contributed by atoms with Crippen LogP contribution < -0.4 is 29.6 Å². The van der Waals surface area contributed by atoms with E-state index in [0.29, 0.717) is 0 Å². The molecule has 0 radical (unpaired) electrons. The topological polar surface area (TPSA) is 37.3 Å². The van der Waals surface area contributed by atoms with E-state index in [4.69, 9.17) is 5.11 Å². The van der Waals surface area contributed by atoms with Gasteiger partial charge >= 0.3 is 35.5 Å². The van der Waals surface area contributed by atoms with Crippen molar-refractivity contribution >= 4 is 12.0 Å². The van der Waals surface area contributed by atoms with Gasteiger partial charge in [0.25, 0.3) is 0 Å². The van der Waals surface area contributed by atoms with Crippen LogP contribution in [0.1, 0.15) is 5.56 Å². The molecule has 0 bridgehead atoms. The van der Waals surface area contributed by atoms with E-state index in [-0.39, 0.29) is 37.0 Å². The Morgan fingerprint density at radius 2 is 1.77 bits per heavy atom. The first kappa shape index (κ1) is 14.9. The summed E-state index contributed by atoms with van der Waals surface area (Å²) >= 11 is 0. The first-order valence-electron chi connectivity index (χ1n) is 3.25. The van der Waals surface area contributed by atoms with E-state index in [9.17, 15) is 4.79 Å². The van der Waals surface area contributed by atoms with Gasteiger partial charge in [0.05, 0.1) is 0 Å². The Morgan fingerprint density at radius 1 is 1.23 bits per heavy atom. The maximum Gasteiger partial charge on any atom is 1.00 e. The zero-order chi connectivity index (χ0) is 8.10. The second-order valence-electron chi connectivity index (χ2n) is 2.08. The fourth-order valence-corrected chi connectivity index (χ4v) is 0.732. The van der Waals surface area contributed by atoms with Gasteiger partial charge in [-0.15, -0.1) is 0 Å². The summed E-state index contributed by atoms with van der Waals surface area (Å²) in [5, 5.41) is 8.29. The van der Waals surface area contributed by atoms with Gasteiger partial charge in [0, 0.05) is 6.08 Å². The number of hydrogen-bond donors (Lipinski definition) is 1. The molecule has 1 N–H and O–H groups in total. The third-order valence-electron chi connectivity index (χ3n) is 1.22. The largest absolute Gasteiger partial charge is 1.00 e. The summed E-state index contributed by atoms with van der Waals surface area (Å²) in [4.78, 5) is 10.1. The predicted octanol–water partition coefficient (Wildman–Crippen LogP) is -0.761. The van der Waals surface area contributed by atoms with Gasteiger partial charge in [0.15, 0.2) is 0 Å². The Balaban J connectivity index is 0. The molecule has 1 aromatic carbocycles. The van der Waals surface area contributed by atoms with E-state index in [1.54, 1.807) is 6.08 Å². The quantitative estimate of drug-likeness (QED) is 0.374. The number of carbonyl (C=O) groups is 1. The molecule has 64 valence electrons. The SMILES string of the molecule is O=C(O)C=Cc1ccccc1.[CH3-].[Na+]. The molecule has 1 rings (SSSR count). The fraction of sp³-hybridized carbons (Fsp3) is 0. The molecular formula is C10H11NaO2. The number of rotatable bonds is 2. The molecule has 0 atom stereocenters. The van der Waals surface area contributed by atoms with Crippen molar-refractivity contribution in [2.45, 2.75) is 0 Å². The smallest absolute Gasteiger partial charge is 0.478 e. The molecule has 0 aliphatic rings. The van der Waals surface area contributed by atoms with Crippen molar-refractivity contribution in [1.29, 1.82) is 0 Å². The number of aliphatic carboxylic acids is 1. The van der Waals surface area contributed by atoms with Crippen LogP contribution in [0.15, 0.2) is 36.4 Å². The van der Waals surface area contributed by atoms with E-state index >= 15 is 0 Å². The molecule has 3 heteroatoms.